The van der Waals surface area contributed by atoms with Crippen molar-refractivity contribution < 1.29 is 23.5 Å². The molecule has 4 rings (SSSR count). The number of nitrogens with zero attached hydrogens (tertiary/aromatic N) is 3. The highest BCUT2D eigenvalue weighted by molar-refractivity contribution is 5.95. The van der Waals surface area contributed by atoms with Gasteiger partial charge in [0.25, 0.3) is 5.91 Å². The van der Waals surface area contributed by atoms with E-state index in [0.717, 1.165) is 16.7 Å². The number of urea groups is 1. The second-order valence-corrected chi connectivity index (χ2v) is 9.64. The van der Waals surface area contributed by atoms with Gasteiger partial charge in [0, 0.05) is 50.5 Å². The summed E-state index contributed by atoms with van der Waals surface area (Å²) in [5.41, 5.74) is 4.38. The maximum absolute atomic E-state index is 13.4. The van der Waals surface area contributed by atoms with Gasteiger partial charge in [-0.15, -0.1) is 0 Å². The molecular formula is C29H35FN4O4. The molecule has 202 valence electrons. The van der Waals surface area contributed by atoms with Crippen LogP contribution in [0.3, 0.4) is 0 Å². The van der Waals surface area contributed by atoms with Crippen molar-refractivity contribution in [1.29, 1.82) is 0 Å². The van der Waals surface area contributed by atoms with E-state index in [1.807, 2.05) is 39.0 Å². The van der Waals surface area contributed by atoms with Crippen LogP contribution in [-0.2, 0) is 9.53 Å². The third-order valence-electron chi connectivity index (χ3n) is 7.12. The molecule has 0 radical (unpaired) electrons. The summed E-state index contributed by atoms with van der Waals surface area (Å²) < 4.78 is 18.8. The minimum absolute atomic E-state index is 0.140. The van der Waals surface area contributed by atoms with Gasteiger partial charge in [0.05, 0.1) is 18.2 Å². The van der Waals surface area contributed by atoms with Crippen molar-refractivity contribution >= 4 is 17.9 Å². The van der Waals surface area contributed by atoms with E-state index >= 15 is 0 Å². The van der Waals surface area contributed by atoms with Gasteiger partial charge in [0.15, 0.2) is 0 Å². The van der Waals surface area contributed by atoms with Gasteiger partial charge in [-0.1, -0.05) is 23.8 Å². The molecule has 3 amide bonds. The van der Waals surface area contributed by atoms with E-state index in [-0.39, 0.29) is 24.4 Å². The van der Waals surface area contributed by atoms with Crippen LogP contribution in [0.2, 0.25) is 0 Å². The van der Waals surface area contributed by atoms with Gasteiger partial charge in [-0.25, -0.2) is 14.0 Å². The smallest absolute Gasteiger partial charge is 0.338 e. The van der Waals surface area contributed by atoms with E-state index in [1.54, 1.807) is 16.7 Å². The number of likely N-dealkylation sites (N-methyl/N-ethyl adjacent to an activating group) is 1. The molecule has 1 atom stereocenters. The summed E-state index contributed by atoms with van der Waals surface area (Å²) in [4.78, 5) is 45.0. The quantitative estimate of drug-likeness (QED) is 0.560. The fraction of sp³-hybridized carbons (Fsp3) is 0.414. The fourth-order valence-electron chi connectivity index (χ4n) is 5.06. The molecule has 2 aromatic carbocycles. The first-order chi connectivity index (χ1) is 18.2. The molecule has 0 spiro atoms. The highest BCUT2D eigenvalue weighted by Gasteiger charge is 2.39. The monoisotopic (exact) mass is 522 g/mol. The number of aryl methyl sites for hydroxylation is 2. The van der Waals surface area contributed by atoms with Gasteiger partial charge in [-0.2, -0.15) is 0 Å². The van der Waals surface area contributed by atoms with Gasteiger partial charge in [0.1, 0.15) is 5.82 Å². The van der Waals surface area contributed by atoms with Gasteiger partial charge < -0.3 is 15.0 Å². The molecule has 1 fully saturated rings. The number of nitrogens with one attached hydrogen (secondary N) is 1. The Balaban J connectivity index is 1.62. The minimum atomic E-state index is -0.624. The molecule has 2 aliphatic heterocycles. The molecule has 0 aliphatic carbocycles. The van der Waals surface area contributed by atoms with Crippen LogP contribution in [0.1, 0.15) is 46.9 Å². The molecule has 0 aromatic heterocycles. The number of piperazine rings is 1. The summed E-state index contributed by atoms with van der Waals surface area (Å²) in [6.45, 7) is 10.7. The number of amides is 3. The molecular weight excluding hydrogens is 487 g/mol. The summed E-state index contributed by atoms with van der Waals surface area (Å²) in [7, 11) is 0. The molecule has 2 aliphatic rings. The van der Waals surface area contributed by atoms with Crippen molar-refractivity contribution in [3.8, 4) is 0 Å². The van der Waals surface area contributed by atoms with Crippen LogP contribution in [0, 0.1) is 19.7 Å². The molecule has 0 bridgehead atoms. The molecule has 9 heteroatoms. The molecule has 0 saturated carbocycles. The molecule has 2 heterocycles. The first-order valence-electron chi connectivity index (χ1n) is 13.1. The van der Waals surface area contributed by atoms with Crippen molar-refractivity contribution in [2.45, 2.75) is 33.7 Å². The highest BCUT2D eigenvalue weighted by Crippen LogP contribution is 2.34. The largest absolute Gasteiger partial charge is 0.463 e. The van der Waals surface area contributed by atoms with Crippen LogP contribution in [-0.4, -0.2) is 78.5 Å². The molecule has 38 heavy (non-hydrogen) atoms. The molecule has 2 aromatic rings. The number of esters is 1. The average Bonchev–Trinajstić information content (AvgIpc) is 2.90. The van der Waals surface area contributed by atoms with E-state index in [1.165, 1.54) is 24.3 Å². The van der Waals surface area contributed by atoms with Crippen molar-refractivity contribution in [2.75, 3.05) is 45.9 Å². The first kappa shape index (κ1) is 27.3. The fourth-order valence-corrected chi connectivity index (χ4v) is 5.06. The van der Waals surface area contributed by atoms with Crippen LogP contribution in [0.5, 0.6) is 0 Å². The van der Waals surface area contributed by atoms with Gasteiger partial charge in [-0.3, -0.25) is 14.6 Å². The van der Waals surface area contributed by atoms with Gasteiger partial charge >= 0.3 is 12.0 Å². The van der Waals surface area contributed by atoms with Crippen LogP contribution < -0.4 is 5.32 Å². The Bertz CT molecular complexity index is 1240. The lowest BCUT2D eigenvalue weighted by Gasteiger charge is -2.40. The van der Waals surface area contributed by atoms with Crippen molar-refractivity contribution in [2.24, 2.45) is 0 Å². The summed E-state index contributed by atoms with van der Waals surface area (Å²) in [5, 5.41) is 3.03. The third kappa shape index (κ3) is 5.72. The van der Waals surface area contributed by atoms with Crippen LogP contribution in [0.25, 0.3) is 0 Å². The van der Waals surface area contributed by atoms with Crippen LogP contribution in [0.4, 0.5) is 9.18 Å². The summed E-state index contributed by atoms with van der Waals surface area (Å²) in [6, 6.07) is 10.7. The van der Waals surface area contributed by atoms with E-state index < -0.39 is 12.0 Å². The number of rotatable bonds is 7. The second kappa shape index (κ2) is 11.8. The van der Waals surface area contributed by atoms with Gasteiger partial charge in [-0.05, 0) is 63.1 Å². The zero-order chi connectivity index (χ0) is 27.4. The highest BCUT2D eigenvalue weighted by atomic mass is 19.1. The molecule has 1 N–H and O–H groups in total. The lowest BCUT2D eigenvalue weighted by Crippen LogP contribution is -2.53. The SMILES string of the molecule is CCOC(=O)C1=C(CN2CCN(C(=O)c3ccc(F)cc3)CC2)N(CC)C(=O)NC1c1cc(C)ccc1C. The third-order valence-corrected chi connectivity index (χ3v) is 7.12. The number of ether oxygens (including phenoxy) is 1. The summed E-state index contributed by atoms with van der Waals surface area (Å²) in [6.07, 6.45) is 0. The van der Waals surface area contributed by atoms with Crippen LogP contribution >= 0.6 is 0 Å². The Morgan fingerprint density at radius 2 is 1.71 bits per heavy atom. The number of hydrogen-bond donors (Lipinski definition) is 1. The maximum atomic E-state index is 13.4. The number of carbonyl (C=O) groups is 3. The molecule has 1 unspecified atom stereocenters. The predicted octanol–water partition coefficient (Wildman–Crippen LogP) is 3.80. The van der Waals surface area contributed by atoms with Gasteiger partial charge in [0.2, 0.25) is 0 Å². The summed E-state index contributed by atoms with van der Waals surface area (Å²) >= 11 is 0. The average molecular weight is 523 g/mol. The Labute approximate surface area is 223 Å². The second-order valence-electron chi connectivity index (χ2n) is 9.64. The Morgan fingerprint density at radius 1 is 1.03 bits per heavy atom. The topological polar surface area (TPSA) is 82.2 Å². The van der Waals surface area contributed by atoms with Crippen molar-refractivity contribution in [3.05, 3.63) is 81.8 Å². The van der Waals surface area contributed by atoms with E-state index in [4.69, 9.17) is 4.74 Å². The Kier molecular flexibility index (Phi) is 8.46. The lowest BCUT2D eigenvalue weighted by atomic mass is 9.90. The molecule has 8 nitrogen and oxygen atoms in total. The number of benzene rings is 2. The standard InChI is InChI=1S/C29H35FN4O4/c1-5-34-24(18-32-13-15-33(16-14-32)27(35)21-9-11-22(30)12-10-21)25(28(36)38-6-2)26(31-29(34)37)23-17-19(3)7-8-20(23)4/h7-12,17,26H,5-6,13-16,18H2,1-4H3,(H,31,37). The van der Waals surface area contributed by atoms with Crippen LogP contribution in [0.15, 0.2) is 53.7 Å². The number of carbonyl (C=O) groups excluding carboxylic acids is 3. The van der Waals surface area contributed by atoms with E-state index in [2.05, 4.69) is 10.2 Å². The molecule has 1 saturated heterocycles. The maximum Gasteiger partial charge on any atom is 0.338 e. The zero-order valence-electron chi connectivity index (χ0n) is 22.4. The normalized spacial score (nSPS) is 18.4. The lowest BCUT2D eigenvalue weighted by molar-refractivity contribution is -0.139. The first-order valence-corrected chi connectivity index (χ1v) is 13.1. The van der Waals surface area contributed by atoms with E-state index in [9.17, 15) is 18.8 Å². The zero-order valence-corrected chi connectivity index (χ0v) is 22.4. The Hall–Kier alpha value is -3.72. The van der Waals surface area contributed by atoms with Crippen molar-refractivity contribution in [3.63, 3.8) is 0 Å². The van der Waals surface area contributed by atoms with Crippen molar-refractivity contribution in [1.82, 2.24) is 20.0 Å². The number of halogens is 1. The number of hydrogen-bond acceptors (Lipinski definition) is 5. The summed E-state index contributed by atoms with van der Waals surface area (Å²) in [5.74, 6) is -0.969. The Morgan fingerprint density at radius 3 is 2.34 bits per heavy atom. The van der Waals surface area contributed by atoms with E-state index in [0.29, 0.717) is 56.1 Å². The minimum Gasteiger partial charge on any atom is -0.463 e. The predicted molar refractivity (Wildman–Crippen MR) is 142 cm³/mol.